The number of benzene rings is 1. The van der Waals surface area contributed by atoms with Crippen LogP contribution in [0.15, 0.2) is 36.5 Å². The van der Waals surface area contributed by atoms with E-state index in [2.05, 4.69) is 28.1 Å². The van der Waals surface area contributed by atoms with Crippen molar-refractivity contribution in [2.75, 3.05) is 26.3 Å². The van der Waals surface area contributed by atoms with Gasteiger partial charge in [-0.05, 0) is 18.1 Å². The zero-order valence-corrected chi connectivity index (χ0v) is 11.0. The lowest BCUT2D eigenvalue weighted by Gasteiger charge is -2.21. The van der Waals surface area contributed by atoms with Gasteiger partial charge in [-0.2, -0.15) is 0 Å². The maximum Gasteiger partial charge on any atom is 0.0746 e. The van der Waals surface area contributed by atoms with Gasteiger partial charge in [0.25, 0.3) is 0 Å². The maximum atomic E-state index is 9.11. The van der Waals surface area contributed by atoms with Gasteiger partial charge in [-0.1, -0.05) is 24.3 Å². The first-order valence-corrected chi connectivity index (χ1v) is 6.62. The first-order chi connectivity index (χ1) is 9.35. The zero-order valence-electron chi connectivity index (χ0n) is 11.0. The summed E-state index contributed by atoms with van der Waals surface area (Å²) in [5.41, 5.74) is 2.17. The van der Waals surface area contributed by atoms with Crippen molar-refractivity contribution in [1.82, 2.24) is 9.88 Å². The summed E-state index contributed by atoms with van der Waals surface area (Å²) < 4.78 is 0. The molecule has 0 atom stereocenters. The molecule has 0 radical (unpaired) electrons. The first kappa shape index (κ1) is 13.9. The highest BCUT2D eigenvalue weighted by atomic mass is 16.3. The predicted octanol–water partition coefficient (Wildman–Crippen LogP) is 1.41. The van der Waals surface area contributed by atoms with Crippen LogP contribution in [-0.4, -0.2) is 46.4 Å². The van der Waals surface area contributed by atoms with E-state index in [0.717, 1.165) is 36.0 Å². The van der Waals surface area contributed by atoms with E-state index < -0.39 is 0 Å². The molecule has 0 bridgehead atoms. The van der Waals surface area contributed by atoms with Gasteiger partial charge >= 0.3 is 0 Å². The third-order valence-corrected chi connectivity index (χ3v) is 3.16. The van der Waals surface area contributed by atoms with E-state index in [4.69, 9.17) is 10.2 Å². The van der Waals surface area contributed by atoms with Gasteiger partial charge in [-0.15, -0.1) is 0 Å². The highest BCUT2D eigenvalue weighted by molar-refractivity contribution is 5.81. The topological polar surface area (TPSA) is 56.6 Å². The maximum absolute atomic E-state index is 9.11. The number of pyridine rings is 1. The van der Waals surface area contributed by atoms with Gasteiger partial charge < -0.3 is 10.2 Å². The molecule has 0 saturated carbocycles. The SMILES string of the molecule is OCCCN(CCO)Cc1cccc2cccnc12. The summed E-state index contributed by atoms with van der Waals surface area (Å²) in [6.07, 6.45) is 2.52. The summed E-state index contributed by atoms with van der Waals surface area (Å²) in [4.78, 5) is 6.57. The van der Waals surface area contributed by atoms with Gasteiger partial charge in [0.1, 0.15) is 0 Å². The second-order valence-electron chi connectivity index (χ2n) is 4.57. The lowest BCUT2D eigenvalue weighted by atomic mass is 10.1. The summed E-state index contributed by atoms with van der Waals surface area (Å²) in [6.45, 7) is 2.44. The van der Waals surface area contributed by atoms with Crippen LogP contribution in [0.3, 0.4) is 0 Å². The Labute approximate surface area is 113 Å². The minimum atomic E-state index is 0.129. The van der Waals surface area contributed by atoms with Crippen LogP contribution in [0, 0.1) is 0 Å². The van der Waals surface area contributed by atoms with Crippen LogP contribution in [-0.2, 0) is 6.54 Å². The molecule has 1 aromatic carbocycles. The Morgan fingerprint density at radius 3 is 2.63 bits per heavy atom. The summed E-state index contributed by atoms with van der Waals surface area (Å²) in [5, 5.41) is 19.2. The van der Waals surface area contributed by atoms with Gasteiger partial charge in [-0.3, -0.25) is 9.88 Å². The molecule has 1 aromatic heterocycles. The molecule has 2 aromatic rings. The van der Waals surface area contributed by atoms with Crippen LogP contribution < -0.4 is 0 Å². The van der Waals surface area contributed by atoms with Crippen molar-refractivity contribution in [2.24, 2.45) is 0 Å². The van der Waals surface area contributed by atoms with Crippen molar-refractivity contribution in [2.45, 2.75) is 13.0 Å². The Hall–Kier alpha value is -1.49. The molecule has 4 heteroatoms. The van der Waals surface area contributed by atoms with Crippen molar-refractivity contribution in [1.29, 1.82) is 0 Å². The van der Waals surface area contributed by atoms with Gasteiger partial charge in [-0.25, -0.2) is 0 Å². The van der Waals surface area contributed by atoms with Crippen molar-refractivity contribution < 1.29 is 10.2 Å². The lowest BCUT2D eigenvalue weighted by molar-refractivity contribution is 0.174. The van der Waals surface area contributed by atoms with Gasteiger partial charge in [0.2, 0.25) is 0 Å². The average molecular weight is 260 g/mol. The van der Waals surface area contributed by atoms with E-state index in [-0.39, 0.29) is 13.2 Å². The van der Waals surface area contributed by atoms with E-state index >= 15 is 0 Å². The van der Waals surface area contributed by atoms with Crippen molar-refractivity contribution >= 4 is 10.9 Å². The Kier molecular flexibility index (Phi) is 5.27. The minimum Gasteiger partial charge on any atom is -0.396 e. The fraction of sp³-hybridized carbons (Fsp3) is 0.400. The Balaban J connectivity index is 2.18. The van der Waals surface area contributed by atoms with E-state index in [1.807, 2.05) is 12.1 Å². The molecule has 102 valence electrons. The van der Waals surface area contributed by atoms with Gasteiger partial charge in [0, 0.05) is 37.8 Å². The molecule has 0 unspecified atom stereocenters. The van der Waals surface area contributed by atoms with Crippen LogP contribution >= 0.6 is 0 Å². The number of aliphatic hydroxyl groups is 2. The van der Waals surface area contributed by atoms with Gasteiger partial charge in [0.15, 0.2) is 0 Å². The van der Waals surface area contributed by atoms with Crippen LogP contribution in [0.4, 0.5) is 0 Å². The fourth-order valence-electron chi connectivity index (χ4n) is 2.24. The monoisotopic (exact) mass is 260 g/mol. The van der Waals surface area contributed by atoms with Crippen molar-refractivity contribution in [3.05, 3.63) is 42.1 Å². The highest BCUT2D eigenvalue weighted by Gasteiger charge is 2.08. The predicted molar refractivity (Wildman–Crippen MR) is 75.8 cm³/mol. The highest BCUT2D eigenvalue weighted by Crippen LogP contribution is 2.17. The first-order valence-electron chi connectivity index (χ1n) is 6.62. The summed E-state index contributed by atoms with van der Waals surface area (Å²) in [7, 11) is 0. The van der Waals surface area contributed by atoms with E-state index in [1.54, 1.807) is 6.20 Å². The average Bonchev–Trinajstić information content (AvgIpc) is 2.45. The van der Waals surface area contributed by atoms with E-state index in [1.165, 1.54) is 0 Å². The second kappa shape index (κ2) is 7.19. The third-order valence-electron chi connectivity index (χ3n) is 3.16. The molecule has 1 heterocycles. The number of aromatic nitrogens is 1. The van der Waals surface area contributed by atoms with Crippen LogP contribution in [0.1, 0.15) is 12.0 Å². The molecule has 4 nitrogen and oxygen atoms in total. The molecule has 0 amide bonds. The zero-order chi connectivity index (χ0) is 13.5. The van der Waals surface area contributed by atoms with E-state index in [0.29, 0.717) is 6.54 Å². The molecule has 0 saturated heterocycles. The number of para-hydroxylation sites is 1. The minimum absolute atomic E-state index is 0.129. The molecule has 2 N–H and O–H groups in total. The summed E-state index contributed by atoms with van der Waals surface area (Å²) in [6, 6.07) is 10.1. The third kappa shape index (κ3) is 3.73. The van der Waals surface area contributed by atoms with E-state index in [9.17, 15) is 0 Å². The quantitative estimate of drug-likeness (QED) is 0.790. The normalized spacial score (nSPS) is 11.3. The number of nitrogens with zero attached hydrogens (tertiary/aromatic N) is 2. The van der Waals surface area contributed by atoms with Crippen LogP contribution in [0.5, 0.6) is 0 Å². The number of aliphatic hydroxyl groups excluding tert-OH is 2. The van der Waals surface area contributed by atoms with Crippen LogP contribution in [0.25, 0.3) is 10.9 Å². The number of rotatable bonds is 7. The molecule has 0 aliphatic heterocycles. The Morgan fingerprint density at radius 1 is 1.00 bits per heavy atom. The molecule has 2 rings (SSSR count). The van der Waals surface area contributed by atoms with Crippen LogP contribution in [0.2, 0.25) is 0 Å². The molecular formula is C15H20N2O2. The molecule has 0 aliphatic carbocycles. The largest absolute Gasteiger partial charge is 0.396 e. The fourth-order valence-corrected chi connectivity index (χ4v) is 2.24. The molecule has 0 aliphatic rings. The lowest BCUT2D eigenvalue weighted by Crippen LogP contribution is -2.28. The standard InChI is InChI=1S/C15H20N2O2/c18-10-3-8-17(9-11-19)12-14-5-1-4-13-6-2-7-16-15(13)14/h1-2,4-7,18-19H,3,8-12H2. The number of hydrogen-bond acceptors (Lipinski definition) is 4. The molecular weight excluding hydrogens is 240 g/mol. The smallest absolute Gasteiger partial charge is 0.0746 e. The summed E-state index contributed by atoms with van der Waals surface area (Å²) >= 11 is 0. The number of hydrogen-bond donors (Lipinski definition) is 2. The van der Waals surface area contributed by atoms with Crippen molar-refractivity contribution in [3.63, 3.8) is 0 Å². The molecule has 0 fully saturated rings. The Morgan fingerprint density at radius 2 is 1.84 bits per heavy atom. The second-order valence-corrected chi connectivity index (χ2v) is 4.57. The molecule has 0 spiro atoms. The number of fused-ring (bicyclic) bond motifs is 1. The Bertz CT molecular complexity index is 511. The molecule has 19 heavy (non-hydrogen) atoms. The summed E-state index contributed by atoms with van der Waals surface area (Å²) in [5.74, 6) is 0. The van der Waals surface area contributed by atoms with Crippen molar-refractivity contribution in [3.8, 4) is 0 Å². The van der Waals surface area contributed by atoms with Gasteiger partial charge in [0.05, 0.1) is 12.1 Å².